The molecule has 0 saturated carbocycles. The summed E-state index contributed by atoms with van der Waals surface area (Å²) in [5.41, 5.74) is -2.38. The van der Waals surface area contributed by atoms with E-state index in [1.165, 1.54) is 9.80 Å². The number of alkyl halides is 9. The summed E-state index contributed by atoms with van der Waals surface area (Å²) in [7, 11) is 0. The zero-order chi connectivity index (χ0) is 32.0. The Labute approximate surface area is 238 Å². The van der Waals surface area contributed by atoms with Gasteiger partial charge in [-0.3, -0.25) is 9.59 Å². The summed E-state index contributed by atoms with van der Waals surface area (Å²) in [4.78, 5) is 44.6. The van der Waals surface area contributed by atoms with E-state index in [1.54, 1.807) is 0 Å². The van der Waals surface area contributed by atoms with Gasteiger partial charge in [0.05, 0.1) is 11.5 Å². The summed E-state index contributed by atoms with van der Waals surface area (Å²) in [6.45, 7) is -0.429. The molecule has 4 rings (SSSR count). The molecule has 240 valence electrons. The second-order valence-electron chi connectivity index (χ2n) is 10.8. The lowest BCUT2D eigenvalue weighted by atomic mass is 9.84. The zero-order valence-corrected chi connectivity index (χ0v) is 22.4. The van der Waals surface area contributed by atoms with Crippen molar-refractivity contribution >= 4 is 23.8 Å². The van der Waals surface area contributed by atoms with Crippen molar-refractivity contribution < 1.29 is 63.7 Å². The van der Waals surface area contributed by atoms with Crippen LogP contribution in [0.25, 0.3) is 0 Å². The number of anilines is 1. The highest BCUT2D eigenvalue weighted by Gasteiger charge is 2.60. The van der Waals surface area contributed by atoms with Crippen LogP contribution >= 0.6 is 0 Å². The highest BCUT2D eigenvalue weighted by molar-refractivity contribution is 5.99. The number of ether oxygens (including phenoxy) is 1. The third-order valence-corrected chi connectivity index (χ3v) is 8.15. The Kier molecular flexibility index (Phi) is 8.72. The SMILES string of the molecule is O=C(O)C1CCN(c2nc(C(F)(F)F)ccc2C(=O)N2CCCC23CCN(C(=O)OC(C(F)(F)F)C(F)(F)F)CC3)CC1. The first-order valence-corrected chi connectivity index (χ1v) is 13.3. The number of hydrogen-bond donors (Lipinski definition) is 1. The van der Waals surface area contributed by atoms with Crippen molar-refractivity contribution in [1.29, 1.82) is 0 Å². The topological polar surface area (TPSA) is 103 Å². The number of aliphatic carboxylic acids is 1. The molecule has 43 heavy (non-hydrogen) atoms. The van der Waals surface area contributed by atoms with E-state index in [4.69, 9.17) is 0 Å². The fraction of sp³-hybridized carbons (Fsp3) is 0.680. The molecule has 0 bridgehead atoms. The molecule has 1 aromatic heterocycles. The number of carboxylic acids is 1. The molecule has 1 N–H and O–H groups in total. The van der Waals surface area contributed by atoms with Crippen LogP contribution in [0.2, 0.25) is 0 Å². The molecule has 4 heterocycles. The molecule has 0 unspecified atom stereocenters. The molecule has 0 radical (unpaired) electrons. The highest BCUT2D eigenvalue weighted by Crippen LogP contribution is 2.42. The molecule has 18 heteroatoms. The van der Waals surface area contributed by atoms with E-state index in [9.17, 15) is 59.0 Å². The first-order valence-electron chi connectivity index (χ1n) is 13.3. The Morgan fingerprint density at radius 1 is 0.884 bits per heavy atom. The van der Waals surface area contributed by atoms with Gasteiger partial charge in [-0.1, -0.05) is 0 Å². The van der Waals surface area contributed by atoms with Crippen LogP contribution in [0.15, 0.2) is 12.1 Å². The molecule has 3 aliphatic heterocycles. The molecule has 3 aliphatic rings. The molecular weight excluding hydrogens is 607 g/mol. The lowest BCUT2D eigenvalue weighted by molar-refractivity contribution is -0.308. The van der Waals surface area contributed by atoms with E-state index >= 15 is 0 Å². The number of halogens is 9. The minimum absolute atomic E-state index is 0.0239. The number of amides is 2. The minimum Gasteiger partial charge on any atom is -0.481 e. The summed E-state index contributed by atoms with van der Waals surface area (Å²) >= 11 is 0. The van der Waals surface area contributed by atoms with E-state index in [2.05, 4.69) is 9.72 Å². The van der Waals surface area contributed by atoms with Crippen molar-refractivity contribution in [2.75, 3.05) is 37.6 Å². The van der Waals surface area contributed by atoms with Gasteiger partial charge in [-0.15, -0.1) is 0 Å². The van der Waals surface area contributed by atoms with Crippen LogP contribution in [-0.4, -0.2) is 94.6 Å². The van der Waals surface area contributed by atoms with Gasteiger partial charge in [-0.05, 0) is 50.7 Å². The number of hydrogen-bond acceptors (Lipinski definition) is 6. The Hall–Kier alpha value is -3.47. The number of carbonyl (C=O) groups excluding carboxylic acids is 2. The van der Waals surface area contributed by atoms with Crippen molar-refractivity contribution in [2.24, 2.45) is 5.92 Å². The maximum absolute atomic E-state index is 13.8. The van der Waals surface area contributed by atoms with Gasteiger partial charge in [-0.2, -0.15) is 39.5 Å². The number of nitrogens with zero attached hydrogens (tertiary/aromatic N) is 4. The third-order valence-electron chi connectivity index (χ3n) is 8.15. The third kappa shape index (κ3) is 6.87. The van der Waals surface area contributed by atoms with Gasteiger partial charge in [0.2, 0.25) is 0 Å². The predicted octanol–water partition coefficient (Wildman–Crippen LogP) is 5.10. The van der Waals surface area contributed by atoms with Gasteiger partial charge in [0.15, 0.2) is 0 Å². The predicted molar refractivity (Wildman–Crippen MR) is 128 cm³/mol. The average Bonchev–Trinajstić information content (AvgIpc) is 3.32. The van der Waals surface area contributed by atoms with Gasteiger partial charge in [0, 0.05) is 38.3 Å². The van der Waals surface area contributed by atoms with E-state index in [0.29, 0.717) is 23.8 Å². The molecule has 1 aromatic rings. The number of carbonyl (C=O) groups is 3. The maximum Gasteiger partial charge on any atom is 0.434 e. The van der Waals surface area contributed by atoms with Crippen LogP contribution in [0.1, 0.15) is 54.6 Å². The van der Waals surface area contributed by atoms with E-state index < -0.39 is 59.8 Å². The molecule has 3 saturated heterocycles. The number of likely N-dealkylation sites (tertiary alicyclic amines) is 2. The molecular formula is C25H27F9N4O5. The van der Waals surface area contributed by atoms with Crippen molar-refractivity contribution in [3.63, 3.8) is 0 Å². The molecule has 9 nitrogen and oxygen atoms in total. The highest BCUT2D eigenvalue weighted by atomic mass is 19.4. The van der Waals surface area contributed by atoms with Crippen LogP contribution in [0.5, 0.6) is 0 Å². The van der Waals surface area contributed by atoms with Crippen molar-refractivity contribution in [3.05, 3.63) is 23.4 Å². The largest absolute Gasteiger partial charge is 0.481 e. The van der Waals surface area contributed by atoms with Crippen LogP contribution in [0.4, 0.5) is 50.1 Å². The summed E-state index contributed by atoms with van der Waals surface area (Å²) in [6.07, 6.45) is -21.7. The first kappa shape index (κ1) is 32.4. The fourth-order valence-electron chi connectivity index (χ4n) is 5.87. The van der Waals surface area contributed by atoms with Crippen LogP contribution in [0, 0.1) is 5.92 Å². The van der Waals surface area contributed by atoms with Crippen molar-refractivity contribution in [3.8, 4) is 0 Å². The van der Waals surface area contributed by atoms with E-state index in [1.807, 2.05) is 0 Å². The molecule has 0 aliphatic carbocycles. The fourth-order valence-corrected chi connectivity index (χ4v) is 5.87. The number of carboxylic acid groups (broad SMARTS) is 1. The van der Waals surface area contributed by atoms with Gasteiger partial charge in [0.25, 0.3) is 12.0 Å². The number of rotatable bonds is 4. The molecule has 2 amide bonds. The van der Waals surface area contributed by atoms with E-state index in [0.717, 1.165) is 6.07 Å². The van der Waals surface area contributed by atoms with Crippen molar-refractivity contribution in [2.45, 2.75) is 68.7 Å². The summed E-state index contributed by atoms with van der Waals surface area (Å²) in [6, 6.07) is 1.64. The number of aromatic nitrogens is 1. The number of piperidine rings is 2. The molecule has 1 spiro atoms. The monoisotopic (exact) mass is 634 g/mol. The van der Waals surface area contributed by atoms with Crippen LogP contribution in [-0.2, 0) is 15.7 Å². The molecule has 0 aromatic carbocycles. The zero-order valence-electron chi connectivity index (χ0n) is 22.4. The Morgan fingerprint density at radius 3 is 1.98 bits per heavy atom. The summed E-state index contributed by atoms with van der Waals surface area (Å²) < 4.78 is 121. The quantitative estimate of drug-likeness (QED) is 0.460. The Balaban J connectivity index is 1.53. The molecule has 3 fully saturated rings. The normalized spacial score (nSPS) is 20.2. The van der Waals surface area contributed by atoms with Crippen LogP contribution in [0.3, 0.4) is 0 Å². The van der Waals surface area contributed by atoms with Crippen LogP contribution < -0.4 is 4.90 Å². The molecule has 0 atom stereocenters. The van der Waals surface area contributed by atoms with Gasteiger partial charge in [0.1, 0.15) is 11.5 Å². The number of pyridine rings is 1. The van der Waals surface area contributed by atoms with E-state index in [-0.39, 0.29) is 69.8 Å². The smallest absolute Gasteiger partial charge is 0.434 e. The second kappa shape index (κ2) is 11.6. The Bertz CT molecular complexity index is 1210. The standard InChI is InChI=1S/C25H27F9N4O5/c26-23(27,28)16-3-2-15(17(35-16)36-10-4-14(5-11-36)19(40)41)18(39)38-9-1-6-22(38)7-12-37(13-8-22)21(42)43-20(24(29,30)31)25(32,33)34/h2-3,14,20H,1,4-13H2,(H,40,41). The average molecular weight is 634 g/mol. The lowest BCUT2D eigenvalue weighted by Crippen LogP contribution is -2.56. The summed E-state index contributed by atoms with van der Waals surface area (Å²) in [5, 5.41) is 9.26. The Morgan fingerprint density at radius 2 is 1.47 bits per heavy atom. The van der Waals surface area contributed by atoms with Crippen molar-refractivity contribution in [1.82, 2.24) is 14.8 Å². The van der Waals surface area contributed by atoms with Gasteiger partial charge < -0.3 is 24.5 Å². The second-order valence-corrected chi connectivity index (χ2v) is 10.8. The maximum atomic E-state index is 13.8. The van der Waals surface area contributed by atoms with Gasteiger partial charge >= 0.3 is 30.6 Å². The van der Waals surface area contributed by atoms with Gasteiger partial charge in [-0.25, -0.2) is 9.78 Å². The summed E-state index contributed by atoms with van der Waals surface area (Å²) in [5.74, 6) is -2.70. The minimum atomic E-state index is -5.88. The lowest BCUT2D eigenvalue weighted by Gasteiger charge is -2.45. The first-order chi connectivity index (χ1) is 19.8.